The van der Waals surface area contributed by atoms with Gasteiger partial charge in [-0.25, -0.2) is 9.97 Å². The summed E-state index contributed by atoms with van der Waals surface area (Å²) in [6.45, 7) is 0.280. The zero-order chi connectivity index (χ0) is 12.0. The third-order valence-electron chi connectivity index (χ3n) is 3.38. The first-order valence-corrected chi connectivity index (χ1v) is 6.93. The van der Waals surface area contributed by atoms with E-state index in [0.717, 1.165) is 27.4 Å². The van der Waals surface area contributed by atoms with Crippen molar-refractivity contribution < 1.29 is 5.11 Å². The lowest BCUT2D eigenvalue weighted by molar-refractivity contribution is 0.114. The van der Waals surface area contributed by atoms with E-state index in [2.05, 4.69) is 43.3 Å². The summed E-state index contributed by atoms with van der Waals surface area (Å²) < 4.78 is 3.24. The van der Waals surface area contributed by atoms with Gasteiger partial charge in [0.15, 0.2) is 0 Å². The lowest BCUT2D eigenvalue weighted by Gasteiger charge is -2.35. The van der Waals surface area contributed by atoms with E-state index in [-0.39, 0.29) is 6.61 Å². The van der Waals surface area contributed by atoms with Crippen LogP contribution >= 0.6 is 34.2 Å². The van der Waals surface area contributed by atoms with Crippen LogP contribution in [0, 0.1) is 9.49 Å². The standard InChI is InChI=1S/C11H11ClIN3O/c12-10-9-8(13)3-16(11(9)15-5-14-10)7-1-6(2-7)4-17/h3,5-7,17H,1-2,4H2. The first kappa shape index (κ1) is 11.7. The number of aromatic nitrogens is 3. The van der Waals surface area contributed by atoms with E-state index in [9.17, 15) is 0 Å². The van der Waals surface area contributed by atoms with Gasteiger partial charge in [-0.15, -0.1) is 0 Å². The first-order chi connectivity index (χ1) is 8.20. The molecule has 2 aromatic heterocycles. The van der Waals surface area contributed by atoms with Gasteiger partial charge in [-0.05, 0) is 41.4 Å². The second-order valence-electron chi connectivity index (χ2n) is 4.42. The van der Waals surface area contributed by atoms with Gasteiger partial charge >= 0.3 is 0 Å². The number of rotatable bonds is 2. The molecular weight excluding hydrogens is 352 g/mol. The minimum atomic E-state index is 0.280. The zero-order valence-corrected chi connectivity index (χ0v) is 11.9. The van der Waals surface area contributed by atoms with E-state index in [0.29, 0.717) is 17.1 Å². The number of nitrogens with zero attached hydrogens (tertiary/aromatic N) is 3. The molecule has 1 aliphatic carbocycles. The van der Waals surface area contributed by atoms with Gasteiger partial charge in [-0.3, -0.25) is 0 Å². The molecule has 0 radical (unpaired) electrons. The van der Waals surface area contributed by atoms with Crippen molar-refractivity contribution in [1.82, 2.24) is 14.5 Å². The molecule has 4 nitrogen and oxygen atoms in total. The normalized spacial score (nSPS) is 23.9. The lowest BCUT2D eigenvalue weighted by Crippen LogP contribution is -2.28. The van der Waals surface area contributed by atoms with Crippen molar-refractivity contribution in [2.24, 2.45) is 5.92 Å². The molecule has 17 heavy (non-hydrogen) atoms. The van der Waals surface area contributed by atoms with Gasteiger partial charge in [0, 0.05) is 22.4 Å². The topological polar surface area (TPSA) is 50.9 Å². The molecule has 3 rings (SSSR count). The highest BCUT2D eigenvalue weighted by Gasteiger charge is 2.31. The Morgan fingerprint density at radius 1 is 1.47 bits per heavy atom. The van der Waals surface area contributed by atoms with Gasteiger partial charge in [-0.2, -0.15) is 0 Å². The van der Waals surface area contributed by atoms with E-state index in [4.69, 9.17) is 16.7 Å². The van der Waals surface area contributed by atoms with Crippen LogP contribution in [0.2, 0.25) is 5.15 Å². The van der Waals surface area contributed by atoms with Gasteiger partial charge in [0.1, 0.15) is 17.1 Å². The quantitative estimate of drug-likeness (QED) is 0.659. The molecule has 0 aliphatic heterocycles. The predicted octanol–water partition coefficient (Wildman–Crippen LogP) is 2.63. The molecule has 0 spiro atoms. The molecule has 0 atom stereocenters. The summed E-state index contributed by atoms with van der Waals surface area (Å²) in [6, 6.07) is 0.434. The lowest BCUT2D eigenvalue weighted by atomic mass is 9.81. The molecule has 1 aliphatic rings. The highest BCUT2D eigenvalue weighted by Crippen LogP contribution is 2.40. The van der Waals surface area contributed by atoms with Crippen LogP contribution in [-0.2, 0) is 0 Å². The molecule has 2 aromatic rings. The Kier molecular flexibility index (Phi) is 3.00. The molecular formula is C11H11ClIN3O. The molecule has 0 unspecified atom stereocenters. The van der Waals surface area contributed by atoms with Crippen LogP contribution in [0.5, 0.6) is 0 Å². The summed E-state index contributed by atoms with van der Waals surface area (Å²) in [6.07, 6.45) is 5.60. The van der Waals surface area contributed by atoms with E-state index in [1.807, 2.05) is 0 Å². The number of aliphatic hydroxyl groups excluding tert-OH is 1. The Balaban J connectivity index is 2.04. The Hall–Kier alpha value is -0.400. The van der Waals surface area contributed by atoms with Crippen LogP contribution in [0.15, 0.2) is 12.5 Å². The fourth-order valence-corrected chi connectivity index (χ4v) is 3.55. The summed E-state index contributed by atoms with van der Waals surface area (Å²) >= 11 is 8.35. The van der Waals surface area contributed by atoms with E-state index in [1.54, 1.807) is 0 Å². The molecule has 1 fully saturated rings. The van der Waals surface area contributed by atoms with Crippen LogP contribution in [0.1, 0.15) is 18.9 Å². The molecule has 6 heteroatoms. The molecule has 1 N–H and O–H groups in total. The highest BCUT2D eigenvalue weighted by atomic mass is 127. The van der Waals surface area contributed by atoms with Crippen molar-refractivity contribution in [2.75, 3.05) is 6.61 Å². The summed E-state index contributed by atoms with van der Waals surface area (Å²) in [5.41, 5.74) is 0.899. The molecule has 1 saturated carbocycles. The average Bonchev–Trinajstić information content (AvgIpc) is 2.56. The number of halogens is 2. The van der Waals surface area contributed by atoms with Crippen molar-refractivity contribution in [3.8, 4) is 0 Å². The van der Waals surface area contributed by atoms with Crippen molar-refractivity contribution in [3.05, 3.63) is 21.2 Å². The number of aliphatic hydroxyl groups is 1. The van der Waals surface area contributed by atoms with Crippen molar-refractivity contribution >= 4 is 45.2 Å². The van der Waals surface area contributed by atoms with Gasteiger partial charge in [-0.1, -0.05) is 11.6 Å². The van der Waals surface area contributed by atoms with Crippen molar-refractivity contribution in [3.63, 3.8) is 0 Å². The molecule has 0 saturated heterocycles. The smallest absolute Gasteiger partial charge is 0.146 e. The molecule has 0 amide bonds. The number of hydrogen-bond acceptors (Lipinski definition) is 3. The summed E-state index contributed by atoms with van der Waals surface area (Å²) in [5.74, 6) is 0.437. The maximum atomic E-state index is 9.06. The zero-order valence-electron chi connectivity index (χ0n) is 8.98. The Labute approximate surface area is 117 Å². The minimum Gasteiger partial charge on any atom is -0.396 e. The summed E-state index contributed by atoms with van der Waals surface area (Å²) in [5, 5.41) is 10.5. The Morgan fingerprint density at radius 3 is 2.94 bits per heavy atom. The third-order valence-corrected chi connectivity index (χ3v) is 4.48. The van der Waals surface area contributed by atoms with Crippen LogP contribution < -0.4 is 0 Å². The molecule has 90 valence electrons. The van der Waals surface area contributed by atoms with Crippen LogP contribution in [0.4, 0.5) is 0 Å². The second kappa shape index (κ2) is 4.37. The van der Waals surface area contributed by atoms with Gasteiger partial charge < -0.3 is 9.67 Å². The second-order valence-corrected chi connectivity index (χ2v) is 5.94. The maximum Gasteiger partial charge on any atom is 0.146 e. The van der Waals surface area contributed by atoms with E-state index in [1.165, 1.54) is 6.33 Å². The fraction of sp³-hybridized carbons (Fsp3) is 0.455. The first-order valence-electron chi connectivity index (χ1n) is 5.48. The van der Waals surface area contributed by atoms with Gasteiger partial charge in [0.2, 0.25) is 0 Å². The van der Waals surface area contributed by atoms with Crippen molar-refractivity contribution in [1.29, 1.82) is 0 Å². The van der Waals surface area contributed by atoms with E-state index < -0.39 is 0 Å². The SMILES string of the molecule is OCC1CC(n2cc(I)c3c(Cl)ncnc32)C1. The maximum absolute atomic E-state index is 9.06. The fourth-order valence-electron chi connectivity index (χ4n) is 2.36. The van der Waals surface area contributed by atoms with Crippen LogP contribution in [-0.4, -0.2) is 26.2 Å². The average molecular weight is 364 g/mol. The van der Waals surface area contributed by atoms with E-state index >= 15 is 0 Å². The number of fused-ring (bicyclic) bond motifs is 1. The molecule has 0 aromatic carbocycles. The summed E-state index contributed by atoms with van der Waals surface area (Å²) in [7, 11) is 0. The monoisotopic (exact) mass is 363 g/mol. The Bertz CT molecular complexity index is 565. The Morgan fingerprint density at radius 2 is 2.24 bits per heavy atom. The third kappa shape index (κ3) is 1.84. The largest absolute Gasteiger partial charge is 0.396 e. The van der Waals surface area contributed by atoms with Crippen molar-refractivity contribution in [2.45, 2.75) is 18.9 Å². The van der Waals surface area contributed by atoms with Crippen LogP contribution in [0.25, 0.3) is 11.0 Å². The predicted molar refractivity (Wildman–Crippen MR) is 74.1 cm³/mol. The highest BCUT2D eigenvalue weighted by molar-refractivity contribution is 14.1. The van der Waals surface area contributed by atoms with Gasteiger partial charge in [0.05, 0.1) is 5.39 Å². The molecule has 0 bridgehead atoms. The molecule has 2 heterocycles. The van der Waals surface area contributed by atoms with Gasteiger partial charge in [0.25, 0.3) is 0 Å². The summed E-state index contributed by atoms with van der Waals surface area (Å²) in [4.78, 5) is 8.33. The number of hydrogen-bond donors (Lipinski definition) is 1. The minimum absolute atomic E-state index is 0.280. The van der Waals surface area contributed by atoms with Crippen LogP contribution in [0.3, 0.4) is 0 Å².